The van der Waals surface area contributed by atoms with Crippen LogP contribution >= 0.6 is 0 Å². The maximum absolute atomic E-state index is 15.1. The van der Waals surface area contributed by atoms with Crippen molar-refractivity contribution in [3.63, 3.8) is 0 Å². The van der Waals surface area contributed by atoms with E-state index in [2.05, 4.69) is 9.82 Å². The zero-order valence-electron chi connectivity index (χ0n) is 20.3. The minimum absolute atomic E-state index is 0.0213. The average molecular weight is 489 g/mol. The van der Waals surface area contributed by atoms with Crippen LogP contribution in [0.25, 0.3) is 0 Å². The number of hydrogen-bond donors (Lipinski definition) is 2. The Balaban J connectivity index is 2.37. The lowest BCUT2D eigenvalue weighted by Gasteiger charge is -2.44. The van der Waals surface area contributed by atoms with Crippen LogP contribution in [0, 0.1) is 5.92 Å². The third-order valence-corrected chi connectivity index (χ3v) is 7.82. The Morgan fingerprint density at radius 2 is 2.18 bits per heavy atom. The van der Waals surface area contributed by atoms with Gasteiger partial charge in [0.1, 0.15) is 23.4 Å². The molecule has 2 aliphatic rings. The second-order valence-corrected chi connectivity index (χ2v) is 10.6. The number of rotatable bonds is 12. The Bertz CT molecular complexity index is 917. The van der Waals surface area contributed by atoms with Gasteiger partial charge < -0.3 is 10.5 Å². The summed E-state index contributed by atoms with van der Waals surface area (Å²) in [6.45, 7) is 6.97. The highest BCUT2D eigenvalue weighted by Crippen LogP contribution is 2.41. The molecule has 0 aromatic rings. The number of sulfonamides is 1. The van der Waals surface area contributed by atoms with Gasteiger partial charge in [-0.05, 0) is 50.8 Å². The summed E-state index contributed by atoms with van der Waals surface area (Å²) in [6, 6.07) is -0.0213. The van der Waals surface area contributed by atoms with E-state index in [1.165, 1.54) is 12.2 Å². The van der Waals surface area contributed by atoms with Crippen LogP contribution in [0.5, 0.6) is 0 Å². The summed E-state index contributed by atoms with van der Waals surface area (Å²) >= 11 is 0. The smallest absolute Gasteiger partial charge is 0.262 e. The number of nitrogens with one attached hydrogen (secondary N) is 1. The van der Waals surface area contributed by atoms with E-state index in [4.69, 9.17) is 10.5 Å². The van der Waals surface area contributed by atoms with Crippen molar-refractivity contribution < 1.29 is 21.9 Å². The van der Waals surface area contributed by atoms with Crippen LogP contribution in [-0.4, -0.2) is 51.2 Å². The molecule has 188 valence electrons. The Labute approximate surface area is 196 Å². The molecule has 1 heterocycles. The van der Waals surface area contributed by atoms with Gasteiger partial charge in [0.15, 0.2) is 0 Å². The molecular weight excluding hydrogens is 450 g/mol. The highest BCUT2D eigenvalue weighted by atomic mass is 32.2. The van der Waals surface area contributed by atoms with Crippen LogP contribution in [-0.2, 0) is 14.8 Å². The van der Waals surface area contributed by atoms with Crippen molar-refractivity contribution in [3.8, 4) is 0 Å². The first-order valence-electron chi connectivity index (χ1n) is 11.5. The van der Waals surface area contributed by atoms with Gasteiger partial charge in [-0.1, -0.05) is 20.3 Å². The van der Waals surface area contributed by atoms with Gasteiger partial charge in [-0.3, -0.25) is 14.1 Å². The summed E-state index contributed by atoms with van der Waals surface area (Å²) in [5.41, 5.74) is 5.44. The van der Waals surface area contributed by atoms with Crippen molar-refractivity contribution in [2.45, 2.75) is 84.0 Å². The Morgan fingerprint density at radius 3 is 2.73 bits per heavy atom. The predicted molar refractivity (Wildman–Crippen MR) is 128 cm³/mol. The fraction of sp³-hybridized carbons (Fsp3) is 0.696. The van der Waals surface area contributed by atoms with Crippen molar-refractivity contribution in [2.24, 2.45) is 16.8 Å². The molecule has 0 amide bonds. The lowest BCUT2D eigenvalue weighted by Crippen LogP contribution is -2.48. The van der Waals surface area contributed by atoms with Crippen molar-refractivity contribution in [2.75, 3.05) is 13.7 Å². The fourth-order valence-corrected chi connectivity index (χ4v) is 5.97. The number of alkyl halides is 2. The van der Waals surface area contributed by atoms with Crippen molar-refractivity contribution >= 4 is 16.2 Å². The van der Waals surface area contributed by atoms with Gasteiger partial charge in [-0.2, -0.15) is 5.10 Å². The minimum Gasteiger partial charge on any atom is -0.491 e. The standard InChI is InChI=1S/C23H38F2N4O3S/c1-6-8-22(26)28-33(30,31)21-14-16(3)20(15-18(21)25)32-23(4,11-7-2)17(9-12-24)19-10-13-27-29(19)5/h8,13-14,17-19,28H,6-7,9-12,15,26H2,1-5H3/b22-8+/t17?,18?,19?,23-/m1/s1. The molecule has 0 radical (unpaired) electrons. The molecule has 0 aromatic heterocycles. The Hall–Kier alpha value is -2.10. The number of hydrazone groups is 1. The molecule has 0 spiro atoms. The van der Waals surface area contributed by atoms with Crippen LogP contribution in [0.15, 0.2) is 39.3 Å². The predicted octanol–water partition coefficient (Wildman–Crippen LogP) is 4.26. The van der Waals surface area contributed by atoms with Gasteiger partial charge in [0.05, 0.1) is 17.6 Å². The monoisotopic (exact) mass is 488 g/mol. The molecular formula is C23H38F2N4O3S. The number of nitrogens with zero attached hydrogens (tertiary/aromatic N) is 2. The van der Waals surface area contributed by atoms with Gasteiger partial charge in [0, 0.05) is 32.0 Å². The van der Waals surface area contributed by atoms with Gasteiger partial charge in [-0.25, -0.2) is 12.8 Å². The summed E-state index contributed by atoms with van der Waals surface area (Å²) in [5.74, 6) is 0.171. The highest BCUT2D eigenvalue weighted by molar-refractivity contribution is 7.93. The van der Waals surface area contributed by atoms with Crippen LogP contribution in [0.4, 0.5) is 8.78 Å². The quantitative estimate of drug-likeness (QED) is 0.428. The normalized spacial score (nSPS) is 24.5. The third-order valence-electron chi connectivity index (χ3n) is 6.32. The molecule has 1 aliphatic carbocycles. The van der Waals surface area contributed by atoms with E-state index in [0.29, 0.717) is 37.0 Å². The maximum Gasteiger partial charge on any atom is 0.262 e. The zero-order valence-corrected chi connectivity index (χ0v) is 21.1. The molecule has 33 heavy (non-hydrogen) atoms. The van der Waals surface area contributed by atoms with E-state index in [1.54, 1.807) is 6.92 Å². The molecule has 0 fully saturated rings. The largest absolute Gasteiger partial charge is 0.491 e. The SMILES string of the molecule is CC/C=C(\N)NS(=O)(=O)C1=CC(C)=C(O[C@](C)(CCC)C(CCF)C2CC=NN2C)CC1F. The van der Waals surface area contributed by atoms with Crippen LogP contribution in [0.1, 0.15) is 66.2 Å². The second kappa shape index (κ2) is 11.4. The van der Waals surface area contributed by atoms with Crippen LogP contribution in [0.2, 0.25) is 0 Å². The Kier molecular flexibility index (Phi) is 9.34. The molecule has 4 atom stereocenters. The number of nitrogens with two attached hydrogens (primary N) is 1. The summed E-state index contributed by atoms with van der Waals surface area (Å²) < 4.78 is 62.7. The molecule has 0 aromatic carbocycles. The van der Waals surface area contributed by atoms with Gasteiger partial charge >= 0.3 is 0 Å². The van der Waals surface area contributed by atoms with Gasteiger partial charge in [-0.15, -0.1) is 0 Å². The number of allylic oxidation sites excluding steroid dienone is 5. The van der Waals surface area contributed by atoms with E-state index in [9.17, 15) is 12.8 Å². The van der Waals surface area contributed by atoms with Crippen molar-refractivity contribution in [1.29, 1.82) is 0 Å². The van der Waals surface area contributed by atoms with Gasteiger partial charge in [0.2, 0.25) is 0 Å². The highest BCUT2D eigenvalue weighted by Gasteiger charge is 2.44. The first kappa shape index (κ1) is 27.1. The van der Waals surface area contributed by atoms with Crippen molar-refractivity contribution in [1.82, 2.24) is 9.73 Å². The number of hydrogen-bond acceptors (Lipinski definition) is 6. The van der Waals surface area contributed by atoms with E-state index >= 15 is 4.39 Å². The van der Waals surface area contributed by atoms with Gasteiger partial charge in [0.25, 0.3) is 10.0 Å². The first-order valence-corrected chi connectivity index (χ1v) is 13.0. The summed E-state index contributed by atoms with van der Waals surface area (Å²) in [4.78, 5) is -0.374. The van der Waals surface area contributed by atoms with E-state index in [0.717, 1.165) is 6.42 Å². The Morgan fingerprint density at radius 1 is 1.48 bits per heavy atom. The summed E-state index contributed by atoms with van der Waals surface area (Å²) in [7, 11) is -2.27. The van der Waals surface area contributed by atoms with E-state index < -0.39 is 28.5 Å². The zero-order chi connectivity index (χ0) is 24.8. The minimum atomic E-state index is -4.13. The van der Waals surface area contributed by atoms with Crippen molar-refractivity contribution in [3.05, 3.63) is 34.2 Å². The second-order valence-electron chi connectivity index (χ2n) is 8.92. The molecule has 2 rings (SSSR count). The molecule has 1 aliphatic heterocycles. The topological polar surface area (TPSA) is 97.0 Å². The number of ether oxygens (including phenoxy) is 1. The summed E-state index contributed by atoms with van der Waals surface area (Å²) in [6.07, 6.45) is 5.60. The molecule has 0 saturated carbocycles. The van der Waals surface area contributed by atoms with Crippen LogP contribution < -0.4 is 10.5 Å². The maximum atomic E-state index is 15.1. The fourth-order valence-electron chi connectivity index (χ4n) is 4.71. The number of halogens is 2. The molecule has 0 saturated heterocycles. The molecule has 10 heteroatoms. The molecule has 0 bridgehead atoms. The molecule has 3 unspecified atom stereocenters. The lowest BCUT2D eigenvalue weighted by atomic mass is 9.77. The summed E-state index contributed by atoms with van der Waals surface area (Å²) in [5, 5.41) is 6.14. The average Bonchev–Trinajstić information content (AvgIpc) is 3.13. The molecule has 3 N–H and O–H groups in total. The van der Waals surface area contributed by atoms with Crippen LogP contribution in [0.3, 0.4) is 0 Å². The van der Waals surface area contributed by atoms with E-state index in [-0.39, 0.29) is 29.1 Å². The molecule has 7 nitrogen and oxygen atoms in total. The first-order chi connectivity index (χ1) is 15.5. The third kappa shape index (κ3) is 6.49. The van der Waals surface area contributed by atoms with E-state index in [1.807, 2.05) is 39.0 Å². The lowest BCUT2D eigenvalue weighted by molar-refractivity contribution is -0.0745.